The van der Waals surface area contributed by atoms with Crippen LogP contribution in [0.1, 0.15) is 49.4 Å². The standard InChI is InChI=1S/C29H36N2O3/c1-21-29(28(32)33-2)18-23(12-8-9-17-34-20-22-10-4-3-5-11-22)19-31(21)16-15-25-24-13-6-7-14-26(24)30-27(25)29/h3-7,10-11,13-14,21,23,30H,8-9,12,15-20H2,1-2H3/t21?,23-,29?/m0/s1. The first kappa shape index (κ1) is 23.1. The van der Waals surface area contributed by atoms with E-state index in [1.807, 2.05) is 18.2 Å². The van der Waals surface area contributed by atoms with Crippen molar-refractivity contribution < 1.29 is 14.3 Å². The van der Waals surface area contributed by atoms with E-state index in [0.717, 1.165) is 63.0 Å². The molecular formula is C29H36N2O3. The summed E-state index contributed by atoms with van der Waals surface area (Å²) in [5.74, 6) is 0.359. The molecule has 2 bridgehead atoms. The Labute approximate surface area is 202 Å². The van der Waals surface area contributed by atoms with E-state index >= 15 is 0 Å². The number of esters is 1. The number of methoxy groups -OCH3 is 1. The van der Waals surface area contributed by atoms with Crippen molar-refractivity contribution in [1.82, 2.24) is 9.88 Å². The molecule has 5 rings (SSSR count). The number of nitrogens with zero attached hydrogens (tertiary/aromatic N) is 1. The molecule has 0 saturated carbocycles. The number of aromatic nitrogens is 1. The molecule has 0 spiro atoms. The minimum Gasteiger partial charge on any atom is -0.468 e. The molecule has 180 valence electrons. The summed E-state index contributed by atoms with van der Waals surface area (Å²) in [7, 11) is 1.54. The van der Waals surface area contributed by atoms with Gasteiger partial charge < -0.3 is 14.5 Å². The van der Waals surface area contributed by atoms with E-state index in [0.29, 0.717) is 12.5 Å². The number of benzene rings is 2. The van der Waals surface area contributed by atoms with E-state index in [-0.39, 0.29) is 12.0 Å². The molecule has 2 aliphatic heterocycles. The number of unbranched alkanes of at least 4 members (excludes halogenated alkanes) is 1. The number of H-pyrrole nitrogens is 1. The Morgan fingerprint density at radius 3 is 2.74 bits per heavy atom. The maximum Gasteiger partial charge on any atom is 0.319 e. The van der Waals surface area contributed by atoms with Gasteiger partial charge in [-0.15, -0.1) is 0 Å². The van der Waals surface area contributed by atoms with Crippen LogP contribution in [-0.4, -0.2) is 48.7 Å². The molecule has 0 radical (unpaired) electrons. The molecule has 5 heteroatoms. The summed E-state index contributed by atoms with van der Waals surface area (Å²) in [6.45, 7) is 5.68. The van der Waals surface area contributed by atoms with Crippen LogP contribution in [0.5, 0.6) is 0 Å². The summed E-state index contributed by atoms with van der Waals surface area (Å²) in [5, 5.41) is 1.24. The molecule has 2 aliphatic rings. The predicted molar refractivity (Wildman–Crippen MR) is 135 cm³/mol. The van der Waals surface area contributed by atoms with Gasteiger partial charge in [0.1, 0.15) is 5.41 Å². The normalized spacial score (nSPS) is 26.1. The maximum absolute atomic E-state index is 13.5. The third-order valence-electron chi connectivity index (χ3n) is 8.09. The van der Waals surface area contributed by atoms with Crippen molar-refractivity contribution in [3.05, 3.63) is 71.4 Å². The Bertz CT molecular complexity index is 1120. The number of carbonyl (C=O) groups excluding carboxylic acids is 1. The van der Waals surface area contributed by atoms with Crippen molar-refractivity contribution in [2.24, 2.45) is 5.92 Å². The van der Waals surface area contributed by atoms with Gasteiger partial charge in [-0.2, -0.15) is 0 Å². The number of aromatic amines is 1. The Morgan fingerprint density at radius 2 is 1.91 bits per heavy atom. The Hall–Kier alpha value is -2.63. The van der Waals surface area contributed by atoms with E-state index in [2.05, 4.69) is 53.2 Å². The first-order valence-electron chi connectivity index (χ1n) is 12.7. The lowest BCUT2D eigenvalue weighted by molar-refractivity contribution is -0.154. The first-order chi connectivity index (χ1) is 16.6. The average Bonchev–Trinajstić information content (AvgIpc) is 3.22. The van der Waals surface area contributed by atoms with Crippen molar-refractivity contribution in [3.63, 3.8) is 0 Å². The monoisotopic (exact) mass is 460 g/mol. The topological polar surface area (TPSA) is 54.6 Å². The van der Waals surface area contributed by atoms with Crippen molar-refractivity contribution in [2.75, 3.05) is 26.8 Å². The molecule has 0 amide bonds. The zero-order valence-corrected chi connectivity index (χ0v) is 20.4. The van der Waals surface area contributed by atoms with E-state index in [1.165, 1.54) is 23.6 Å². The highest BCUT2D eigenvalue weighted by atomic mass is 16.5. The van der Waals surface area contributed by atoms with Crippen LogP contribution in [-0.2, 0) is 32.7 Å². The maximum atomic E-state index is 13.5. The average molecular weight is 461 g/mol. The van der Waals surface area contributed by atoms with Crippen LogP contribution in [0.4, 0.5) is 0 Å². The molecular weight excluding hydrogens is 424 g/mol. The molecule has 1 aromatic heterocycles. The molecule has 3 unspecified atom stereocenters. The number of carbonyl (C=O) groups is 1. The van der Waals surface area contributed by atoms with Crippen molar-refractivity contribution in [3.8, 4) is 0 Å². The van der Waals surface area contributed by atoms with Gasteiger partial charge >= 0.3 is 5.97 Å². The lowest BCUT2D eigenvalue weighted by Crippen LogP contribution is -2.59. The highest BCUT2D eigenvalue weighted by Gasteiger charge is 2.55. The van der Waals surface area contributed by atoms with Crippen LogP contribution < -0.4 is 0 Å². The van der Waals surface area contributed by atoms with Gasteiger partial charge in [0.15, 0.2) is 0 Å². The van der Waals surface area contributed by atoms with Gasteiger partial charge in [-0.3, -0.25) is 9.69 Å². The fourth-order valence-electron chi connectivity index (χ4n) is 6.32. The number of fused-ring (bicyclic) bond motifs is 6. The lowest BCUT2D eigenvalue weighted by Gasteiger charge is -2.48. The molecule has 34 heavy (non-hydrogen) atoms. The summed E-state index contributed by atoms with van der Waals surface area (Å²) < 4.78 is 11.4. The molecule has 1 N–H and O–H groups in total. The number of hydrogen-bond donors (Lipinski definition) is 1. The Kier molecular flexibility index (Phi) is 6.75. The van der Waals surface area contributed by atoms with Crippen molar-refractivity contribution >= 4 is 16.9 Å². The van der Waals surface area contributed by atoms with Gasteiger partial charge in [-0.05, 0) is 55.7 Å². The summed E-state index contributed by atoms with van der Waals surface area (Å²) in [5.41, 5.74) is 4.08. The second-order valence-electron chi connectivity index (χ2n) is 10.0. The van der Waals surface area contributed by atoms with Gasteiger partial charge in [0.25, 0.3) is 0 Å². The summed E-state index contributed by atoms with van der Waals surface area (Å²) >= 11 is 0. The van der Waals surface area contributed by atoms with E-state index in [4.69, 9.17) is 9.47 Å². The largest absolute Gasteiger partial charge is 0.468 e. The van der Waals surface area contributed by atoms with Crippen LogP contribution in [0.3, 0.4) is 0 Å². The van der Waals surface area contributed by atoms with Crippen molar-refractivity contribution in [2.45, 2.75) is 57.1 Å². The molecule has 3 heterocycles. The van der Waals surface area contributed by atoms with Crippen LogP contribution >= 0.6 is 0 Å². The first-order valence-corrected chi connectivity index (χ1v) is 12.7. The van der Waals surface area contributed by atoms with Crippen molar-refractivity contribution in [1.29, 1.82) is 0 Å². The molecule has 2 aromatic carbocycles. The second-order valence-corrected chi connectivity index (χ2v) is 10.0. The highest BCUT2D eigenvalue weighted by molar-refractivity contribution is 5.91. The fraction of sp³-hybridized carbons (Fsp3) is 0.483. The van der Waals surface area contributed by atoms with Gasteiger partial charge in [0.05, 0.1) is 13.7 Å². The molecule has 3 aromatic rings. The Morgan fingerprint density at radius 1 is 1.12 bits per heavy atom. The minimum atomic E-state index is -0.646. The smallest absolute Gasteiger partial charge is 0.319 e. The second kappa shape index (κ2) is 9.93. The van der Waals surface area contributed by atoms with Gasteiger partial charge in [-0.25, -0.2) is 0 Å². The van der Waals surface area contributed by atoms with E-state index < -0.39 is 5.41 Å². The summed E-state index contributed by atoms with van der Waals surface area (Å²) in [6, 6.07) is 18.9. The predicted octanol–water partition coefficient (Wildman–Crippen LogP) is 5.23. The SMILES string of the molecule is COC(=O)C12C[C@H](CCCCOCc3ccccc3)CN(CCc3c1[nH]c1ccccc31)C2C. The molecule has 0 aliphatic carbocycles. The molecule has 5 nitrogen and oxygen atoms in total. The zero-order chi connectivity index (χ0) is 23.5. The Balaban J connectivity index is 1.30. The number of para-hydroxylation sites is 1. The molecule has 4 atom stereocenters. The van der Waals surface area contributed by atoms with Crippen LogP contribution in [0, 0.1) is 5.92 Å². The third-order valence-corrected chi connectivity index (χ3v) is 8.09. The number of ether oxygens (including phenoxy) is 2. The number of rotatable bonds is 8. The van der Waals surface area contributed by atoms with Crippen LogP contribution in [0.2, 0.25) is 0 Å². The van der Waals surface area contributed by atoms with Crippen LogP contribution in [0.15, 0.2) is 54.6 Å². The minimum absolute atomic E-state index is 0.101. The van der Waals surface area contributed by atoms with E-state index in [1.54, 1.807) is 0 Å². The third kappa shape index (κ3) is 4.16. The molecule has 1 fully saturated rings. The lowest BCUT2D eigenvalue weighted by atomic mass is 9.67. The molecule has 1 saturated heterocycles. The van der Waals surface area contributed by atoms with Gasteiger partial charge in [0.2, 0.25) is 0 Å². The zero-order valence-electron chi connectivity index (χ0n) is 20.4. The number of nitrogens with one attached hydrogen (secondary N) is 1. The van der Waals surface area contributed by atoms with Gasteiger partial charge in [-0.1, -0.05) is 55.0 Å². The van der Waals surface area contributed by atoms with Crippen LogP contribution in [0.25, 0.3) is 10.9 Å². The number of piperidine rings is 1. The quantitative estimate of drug-likeness (QED) is 0.369. The van der Waals surface area contributed by atoms with Gasteiger partial charge in [0, 0.05) is 42.3 Å². The summed E-state index contributed by atoms with van der Waals surface area (Å²) in [6.07, 6.45) is 5.05. The number of hydrogen-bond acceptors (Lipinski definition) is 4. The summed E-state index contributed by atoms with van der Waals surface area (Å²) in [4.78, 5) is 19.7. The fourth-order valence-corrected chi connectivity index (χ4v) is 6.32. The highest BCUT2D eigenvalue weighted by Crippen LogP contribution is 2.47. The van der Waals surface area contributed by atoms with E-state index in [9.17, 15) is 4.79 Å².